The molecule has 1 heterocycles. The van der Waals surface area contributed by atoms with Crippen LogP contribution in [-0.2, 0) is 0 Å². The molecule has 164 valence electrons. The van der Waals surface area contributed by atoms with Crippen LogP contribution in [0.5, 0.6) is 0 Å². The predicted octanol–water partition coefficient (Wildman–Crippen LogP) is 5.14. The lowest BCUT2D eigenvalue weighted by Crippen LogP contribution is -2.49. The van der Waals surface area contributed by atoms with Crippen LogP contribution < -0.4 is 5.56 Å². The molecule has 1 unspecified atom stereocenters. The van der Waals surface area contributed by atoms with Crippen LogP contribution in [0.4, 0.5) is 4.79 Å². The zero-order chi connectivity index (χ0) is 23.2. The smallest absolute Gasteiger partial charge is 0.408 e. The van der Waals surface area contributed by atoms with Crippen LogP contribution in [0, 0.1) is 17.2 Å². The number of aromatic nitrogens is 2. The number of nitriles is 1. The van der Waals surface area contributed by atoms with Gasteiger partial charge in [0.15, 0.2) is 0 Å². The van der Waals surface area contributed by atoms with E-state index in [1.165, 1.54) is 9.47 Å². The molecule has 1 atom stereocenters. The van der Waals surface area contributed by atoms with Gasteiger partial charge in [0.1, 0.15) is 5.82 Å². The molecule has 1 saturated carbocycles. The second-order valence-corrected chi connectivity index (χ2v) is 9.42. The fourth-order valence-corrected chi connectivity index (χ4v) is 4.39. The molecule has 1 fully saturated rings. The monoisotopic (exact) mass is 450 g/mol. The first kappa shape index (κ1) is 21.8. The summed E-state index contributed by atoms with van der Waals surface area (Å²) in [5.74, 6) is 0.374. The van der Waals surface area contributed by atoms with Crippen LogP contribution in [0.3, 0.4) is 0 Å². The van der Waals surface area contributed by atoms with Crippen molar-refractivity contribution in [3.05, 3.63) is 69.2 Å². The molecular weight excluding hydrogens is 428 g/mol. The molecule has 8 heteroatoms. The van der Waals surface area contributed by atoms with Crippen molar-refractivity contribution in [1.82, 2.24) is 14.5 Å². The highest BCUT2D eigenvalue weighted by Gasteiger charge is 2.45. The molecule has 7 nitrogen and oxygen atoms in total. The van der Waals surface area contributed by atoms with Gasteiger partial charge in [-0.3, -0.25) is 14.3 Å². The molecule has 0 bridgehead atoms. The van der Waals surface area contributed by atoms with Gasteiger partial charge in [0.25, 0.3) is 5.56 Å². The van der Waals surface area contributed by atoms with Crippen molar-refractivity contribution >= 4 is 28.6 Å². The number of carbonyl (C=O) groups is 1. The Hall–Kier alpha value is -3.37. The number of nitrogens with zero attached hydrogens (tertiary/aromatic N) is 4. The number of fused-ring (bicyclic) bond motifs is 1. The third-order valence-electron chi connectivity index (χ3n) is 5.65. The van der Waals surface area contributed by atoms with E-state index in [0.29, 0.717) is 22.6 Å². The summed E-state index contributed by atoms with van der Waals surface area (Å²) in [4.78, 5) is 32.3. The summed E-state index contributed by atoms with van der Waals surface area (Å²) in [5.41, 5.74) is 0.127. The standard InChI is InChI=1S/C24H23ClN4O3/c1-24(2,3)29(23(31)32)20(15-10-11-15)21-27-18-9-5-8-17(25)19(18)22(30)28(21)16-7-4-6-14(12-16)13-26/h4-9,12,15,20H,10-11H2,1-3H3,(H,31,32). The lowest BCUT2D eigenvalue weighted by Gasteiger charge is -2.40. The molecule has 0 aliphatic heterocycles. The van der Waals surface area contributed by atoms with E-state index in [2.05, 4.69) is 6.07 Å². The van der Waals surface area contributed by atoms with Gasteiger partial charge < -0.3 is 5.11 Å². The predicted molar refractivity (Wildman–Crippen MR) is 122 cm³/mol. The maximum Gasteiger partial charge on any atom is 0.408 e. The number of benzene rings is 2. The molecule has 1 aliphatic rings. The summed E-state index contributed by atoms with van der Waals surface area (Å²) < 4.78 is 1.42. The Labute approximate surface area is 190 Å². The largest absolute Gasteiger partial charge is 0.465 e. The SMILES string of the molecule is CC(C)(C)N(C(=O)O)C(c1nc2cccc(Cl)c2c(=O)n1-c1cccc(C#N)c1)C1CC1. The van der Waals surface area contributed by atoms with Gasteiger partial charge in [-0.05, 0) is 69.9 Å². The summed E-state index contributed by atoms with van der Waals surface area (Å²) in [5, 5.41) is 20.0. The van der Waals surface area contributed by atoms with Crippen LogP contribution in [0.25, 0.3) is 16.6 Å². The normalized spacial score (nSPS) is 14.7. The molecule has 0 radical (unpaired) electrons. The number of hydrogen-bond acceptors (Lipinski definition) is 4. The zero-order valence-corrected chi connectivity index (χ0v) is 18.8. The van der Waals surface area contributed by atoms with Crippen LogP contribution >= 0.6 is 11.6 Å². The van der Waals surface area contributed by atoms with E-state index in [-0.39, 0.29) is 16.3 Å². The quantitative estimate of drug-likeness (QED) is 0.593. The fourth-order valence-electron chi connectivity index (χ4n) is 4.14. The Bertz CT molecular complexity index is 1320. The van der Waals surface area contributed by atoms with Crippen molar-refractivity contribution in [2.75, 3.05) is 0 Å². The minimum Gasteiger partial charge on any atom is -0.465 e. The zero-order valence-electron chi connectivity index (χ0n) is 18.0. The van der Waals surface area contributed by atoms with E-state index in [4.69, 9.17) is 16.6 Å². The molecule has 1 amide bonds. The Kier molecular flexibility index (Phi) is 5.43. The van der Waals surface area contributed by atoms with Gasteiger partial charge >= 0.3 is 6.09 Å². The summed E-state index contributed by atoms with van der Waals surface area (Å²) in [6, 6.07) is 13.1. The molecule has 4 rings (SSSR count). The van der Waals surface area contributed by atoms with E-state index in [1.807, 2.05) is 20.8 Å². The number of rotatable bonds is 4. The van der Waals surface area contributed by atoms with Gasteiger partial charge in [-0.2, -0.15) is 5.26 Å². The second-order valence-electron chi connectivity index (χ2n) is 9.01. The highest BCUT2D eigenvalue weighted by atomic mass is 35.5. The van der Waals surface area contributed by atoms with Crippen molar-refractivity contribution in [2.45, 2.75) is 45.2 Å². The molecule has 0 spiro atoms. The molecular formula is C24H23ClN4O3. The molecule has 1 N–H and O–H groups in total. The number of carboxylic acid groups (broad SMARTS) is 1. The van der Waals surface area contributed by atoms with Crippen LogP contribution in [0.2, 0.25) is 5.02 Å². The summed E-state index contributed by atoms with van der Waals surface area (Å²) >= 11 is 6.36. The van der Waals surface area contributed by atoms with E-state index >= 15 is 0 Å². The summed E-state index contributed by atoms with van der Waals surface area (Å²) in [7, 11) is 0. The maximum atomic E-state index is 13.7. The Balaban J connectivity index is 2.10. The second kappa shape index (κ2) is 7.95. The molecule has 1 aliphatic carbocycles. The van der Waals surface area contributed by atoms with Gasteiger partial charge in [0.05, 0.1) is 39.3 Å². The van der Waals surface area contributed by atoms with Crippen molar-refractivity contribution in [3.8, 4) is 11.8 Å². The van der Waals surface area contributed by atoms with Gasteiger partial charge in [0, 0.05) is 5.54 Å². The van der Waals surface area contributed by atoms with Gasteiger partial charge in [-0.1, -0.05) is 23.7 Å². The van der Waals surface area contributed by atoms with Crippen LogP contribution in [0.1, 0.15) is 51.0 Å². The van der Waals surface area contributed by atoms with Crippen molar-refractivity contribution in [2.24, 2.45) is 5.92 Å². The first-order chi connectivity index (χ1) is 15.1. The maximum absolute atomic E-state index is 13.7. The number of halogens is 1. The summed E-state index contributed by atoms with van der Waals surface area (Å²) in [6.45, 7) is 5.48. The minimum absolute atomic E-state index is 0.0410. The topological polar surface area (TPSA) is 99.2 Å². The van der Waals surface area contributed by atoms with Crippen molar-refractivity contribution in [1.29, 1.82) is 5.26 Å². The van der Waals surface area contributed by atoms with Gasteiger partial charge in [-0.25, -0.2) is 9.78 Å². The first-order valence-electron chi connectivity index (χ1n) is 10.4. The molecule has 32 heavy (non-hydrogen) atoms. The average Bonchev–Trinajstić information content (AvgIpc) is 3.55. The molecule has 1 aromatic heterocycles. The van der Waals surface area contributed by atoms with E-state index in [0.717, 1.165) is 12.8 Å². The minimum atomic E-state index is -1.08. The molecule has 3 aromatic rings. The number of amides is 1. The van der Waals surface area contributed by atoms with Crippen LogP contribution in [0.15, 0.2) is 47.3 Å². The van der Waals surface area contributed by atoms with Crippen molar-refractivity contribution in [3.63, 3.8) is 0 Å². The van der Waals surface area contributed by atoms with Gasteiger partial charge in [-0.15, -0.1) is 0 Å². The Morgan fingerprint density at radius 3 is 2.56 bits per heavy atom. The van der Waals surface area contributed by atoms with E-state index < -0.39 is 23.2 Å². The summed E-state index contributed by atoms with van der Waals surface area (Å²) in [6.07, 6.45) is 0.602. The molecule has 2 aromatic carbocycles. The van der Waals surface area contributed by atoms with Gasteiger partial charge in [0.2, 0.25) is 0 Å². The lowest BCUT2D eigenvalue weighted by molar-refractivity contribution is 0.0582. The highest BCUT2D eigenvalue weighted by molar-refractivity contribution is 6.35. The highest BCUT2D eigenvalue weighted by Crippen LogP contribution is 2.46. The molecule has 0 saturated heterocycles. The van der Waals surface area contributed by atoms with Crippen LogP contribution in [-0.4, -0.2) is 31.2 Å². The lowest BCUT2D eigenvalue weighted by atomic mass is 9.99. The third kappa shape index (κ3) is 3.82. The van der Waals surface area contributed by atoms with Crippen molar-refractivity contribution < 1.29 is 9.90 Å². The van der Waals surface area contributed by atoms with E-state index in [9.17, 15) is 20.0 Å². The first-order valence-corrected chi connectivity index (χ1v) is 10.7. The fraction of sp³-hybridized carbons (Fsp3) is 0.333. The Morgan fingerprint density at radius 2 is 1.97 bits per heavy atom. The Morgan fingerprint density at radius 1 is 1.28 bits per heavy atom. The average molecular weight is 451 g/mol. The number of hydrogen-bond donors (Lipinski definition) is 1. The third-order valence-corrected chi connectivity index (χ3v) is 5.96. The van der Waals surface area contributed by atoms with E-state index in [1.54, 1.807) is 42.5 Å².